The molecule has 0 radical (unpaired) electrons. The molecule has 0 fully saturated rings. The highest BCUT2D eigenvalue weighted by molar-refractivity contribution is 5.72. The Bertz CT molecular complexity index is 145. The number of hydrogen-bond donors (Lipinski definition) is 1. The van der Waals surface area contributed by atoms with E-state index < -0.39 is 0 Å². The summed E-state index contributed by atoms with van der Waals surface area (Å²) in [5.74, 6) is -0.110. The van der Waals surface area contributed by atoms with Crippen LogP contribution in [0.5, 0.6) is 0 Å². The zero-order chi connectivity index (χ0) is 10.8. The van der Waals surface area contributed by atoms with Crippen molar-refractivity contribution in [3.05, 3.63) is 0 Å². The van der Waals surface area contributed by atoms with E-state index in [2.05, 4.69) is 13.8 Å². The number of hydrogen-bond acceptors (Lipinski definition) is 3. The molecule has 3 heteroatoms. The molecule has 0 aliphatic rings. The second-order valence-electron chi connectivity index (χ2n) is 3.52. The Morgan fingerprint density at radius 3 is 2.50 bits per heavy atom. The molecule has 0 aliphatic heterocycles. The van der Waals surface area contributed by atoms with Gasteiger partial charge in [0.05, 0.1) is 12.5 Å². The van der Waals surface area contributed by atoms with Crippen molar-refractivity contribution in [2.24, 2.45) is 5.92 Å². The zero-order valence-electron chi connectivity index (χ0n) is 9.29. The highest BCUT2D eigenvalue weighted by Crippen LogP contribution is 2.16. The van der Waals surface area contributed by atoms with Gasteiger partial charge in [-0.15, -0.1) is 0 Å². The molecular weight excluding hydrogens is 180 g/mol. The van der Waals surface area contributed by atoms with E-state index in [9.17, 15) is 4.79 Å². The molecule has 0 bridgehead atoms. The Kier molecular flexibility index (Phi) is 8.64. The minimum absolute atomic E-state index is 0.0338. The third-order valence-corrected chi connectivity index (χ3v) is 2.21. The molecule has 1 N–H and O–H groups in total. The second-order valence-corrected chi connectivity index (χ2v) is 3.52. The van der Waals surface area contributed by atoms with Crippen molar-refractivity contribution < 1.29 is 14.6 Å². The standard InChI is InChI=1S/C11H22O3/c1-3-5-7-10(6-4-2)11(13)14-9-8-12/h10,12H,3-9H2,1-2H3. The smallest absolute Gasteiger partial charge is 0.309 e. The van der Waals surface area contributed by atoms with E-state index in [0.717, 1.165) is 32.1 Å². The van der Waals surface area contributed by atoms with Crippen molar-refractivity contribution in [3.8, 4) is 0 Å². The van der Waals surface area contributed by atoms with Crippen LogP contribution in [0.2, 0.25) is 0 Å². The highest BCUT2D eigenvalue weighted by Gasteiger charge is 2.17. The third kappa shape index (κ3) is 5.97. The predicted octanol–water partition coefficient (Wildman–Crippen LogP) is 2.13. The van der Waals surface area contributed by atoms with Gasteiger partial charge < -0.3 is 9.84 Å². The number of ether oxygens (including phenoxy) is 1. The van der Waals surface area contributed by atoms with E-state index in [4.69, 9.17) is 9.84 Å². The molecule has 0 heterocycles. The number of carbonyl (C=O) groups is 1. The average Bonchev–Trinajstić information content (AvgIpc) is 2.20. The van der Waals surface area contributed by atoms with Gasteiger partial charge in [-0.25, -0.2) is 0 Å². The average molecular weight is 202 g/mol. The highest BCUT2D eigenvalue weighted by atomic mass is 16.5. The lowest BCUT2D eigenvalue weighted by Gasteiger charge is -2.14. The Balaban J connectivity index is 3.84. The second kappa shape index (κ2) is 9.00. The van der Waals surface area contributed by atoms with Gasteiger partial charge in [-0.3, -0.25) is 4.79 Å². The quantitative estimate of drug-likeness (QED) is 0.613. The molecule has 0 aromatic heterocycles. The zero-order valence-corrected chi connectivity index (χ0v) is 9.29. The molecule has 0 saturated carbocycles. The maximum atomic E-state index is 11.5. The fourth-order valence-electron chi connectivity index (χ4n) is 1.44. The van der Waals surface area contributed by atoms with Crippen LogP contribution in [0, 0.1) is 5.92 Å². The monoisotopic (exact) mass is 202 g/mol. The summed E-state index contributed by atoms with van der Waals surface area (Å²) in [6, 6.07) is 0. The van der Waals surface area contributed by atoms with Crippen molar-refractivity contribution in [2.75, 3.05) is 13.2 Å². The van der Waals surface area contributed by atoms with Gasteiger partial charge in [-0.1, -0.05) is 33.1 Å². The van der Waals surface area contributed by atoms with Crippen molar-refractivity contribution >= 4 is 5.97 Å². The van der Waals surface area contributed by atoms with Gasteiger partial charge in [0, 0.05) is 0 Å². The van der Waals surface area contributed by atoms with Crippen molar-refractivity contribution in [1.82, 2.24) is 0 Å². The molecule has 3 nitrogen and oxygen atoms in total. The fourth-order valence-corrected chi connectivity index (χ4v) is 1.44. The summed E-state index contributed by atoms with van der Waals surface area (Å²) in [4.78, 5) is 11.5. The van der Waals surface area contributed by atoms with Gasteiger partial charge in [-0.2, -0.15) is 0 Å². The van der Waals surface area contributed by atoms with E-state index in [0.29, 0.717) is 0 Å². The van der Waals surface area contributed by atoms with Gasteiger partial charge in [0.15, 0.2) is 0 Å². The molecule has 1 unspecified atom stereocenters. The molecule has 0 saturated heterocycles. The first-order chi connectivity index (χ1) is 6.76. The van der Waals surface area contributed by atoms with E-state index in [1.54, 1.807) is 0 Å². The number of aliphatic hydroxyl groups excluding tert-OH is 1. The number of esters is 1. The van der Waals surface area contributed by atoms with Crippen molar-refractivity contribution in [3.63, 3.8) is 0 Å². The normalized spacial score (nSPS) is 12.5. The van der Waals surface area contributed by atoms with Crippen LogP contribution in [0.25, 0.3) is 0 Å². The summed E-state index contributed by atoms with van der Waals surface area (Å²) in [5.41, 5.74) is 0. The molecule has 0 aliphatic carbocycles. The minimum Gasteiger partial charge on any atom is -0.463 e. The Hall–Kier alpha value is -0.570. The third-order valence-electron chi connectivity index (χ3n) is 2.21. The van der Waals surface area contributed by atoms with Gasteiger partial charge in [0.1, 0.15) is 6.61 Å². The van der Waals surface area contributed by atoms with Crippen LogP contribution in [0.15, 0.2) is 0 Å². The van der Waals surface area contributed by atoms with E-state index in [1.807, 2.05) is 0 Å². The summed E-state index contributed by atoms with van der Waals surface area (Å²) in [5, 5.41) is 8.53. The molecular formula is C11H22O3. The molecule has 0 spiro atoms. The van der Waals surface area contributed by atoms with Crippen molar-refractivity contribution in [2.45, 2.75) is 46.0 Å². The Morgan fingerprint density at radius 1 is 1.29 bits per heavy atom. The molecule has 1 atom stereocenters. The van der Waals surface area contributed by atoms with Crippen LogP contribution < -0.4 is 0 Å². The van der Waals surface area contributed by atoms with Gasteiger partial charge in [0.2, 0.25) is 0 Å². The van der Waals surface area contributed by atoms with Gasteiger partial charge in [0.25, 0.3) is 0 Å². The molecule has 0 amide bonds. The summed E-state index contributed by atoms with van der Waals surface area (Å²) >= 11 is 0. The number of rotatable bonds is 8. The van der Waals surface area contributed by atoms with Gasteiger partial charge >= 0.3 is 5.97 Å². The molecule has 14 heavy (non-hydrogen) atoms. The number of carbonyl (C=O) groups excluding carboxylic acids is 1. The number of aliphatic hydroxyl groups is 1. The maximum absolute atomic E-state index is 11.5. The SMILES string of the molecule is CCCCC(CCC)C(=O)OCCO. The topological polar surface area (TPSA) is 46.5 Å². The first kappa shape index (κ1) is 13.4. The minimum atomic E-state index is -0.144. The van der Waals surface area contributed by atoms with Crippen LogP contribution in [-0.4, -0.2) is 24.3 Å². The Labute approximate surface area is 86.5 Å². The fraction of sp³-hybridized carbons (Fsp3) is 0.909. The van der Waals surface area contributed by atoms with Crippen LogP contribution in [0.3, 0.4) is 0 Å². The lowest BCUT2D eigenvalue weighted by Crippen LogP contribution is -2.19. The summed E-state index contributed by atoms with van der Waals surface area (Å²) in [7, 11) is 0. The van der Waals surface area contributed by atoms with E-state index in [1.165, 1.54) is 0 Å². The molecule has 0 rings (SSSR count). The van der Waals surface area contributed by atoms with Crippen molar-refractivity contribution in [1.29, 1.82) is 0 Å². The Morgan fingerprint density at radius 2 is 2.00 bits per heavy atom. The largest absolute Gasteiger partial charge is 0.463 e. The van der Waals surface area contributed by atoms with Crippen LogP contribution in [0.1, 0.15) is 46.0 Å². The first-order valence-corrected chi connectivity index (χ1v) is 5.53. The first-order valence-electron chi connectivity index (χ1n) is 5.53. The van der Waals surface area contributed by atoms with E-state index in [-0.39, 0.29) is 25.1 Å². The molecule has 0 aromatic carbocycles. The van der Waals surface area contributed by atoms with E-state index >= 15 is 0 Å². The predicted molar refractivity (Wildman–Crippen MR) is 56.0 cm³/mol. The molecule has 84 valence electrons. The molecule has 0 aromatic rings. The van der Waals surface area contributed by atoms with Crippen LogP contribution in [0.4, 0.5) is 0 Å². The van der Waals surface area contributed by atoms with Gasteiger partial charge in [-0.05, 0) is 12.8 Å². The lowest BCUT2D eigenvalue weighted by atomic mass is 9.97. The summed E-state index contributed by atoms with van der Waals surface area (Å²) in [6.07, 6.45) is 4.98. The number of unbranched alkanes of at least 4 members (excludes halogenated alkanes) is 1. The lowest BCUT2D eigenvalue weighted by molar-refractivity contribution is -0.150. The van der Waals surface area contributed by atoms with Crippen LogP contribution in [-0.2, 0) is 9.53 Å². The summed E-state index contributed by atoms with van der Waals surface area (Å²) in [6.45, 7) is 4.23. The summed E-state index contributed by atoms with van der Waals surface area (Å²) < 4.78 is 4.91. The maximum Gasteiger partial charge on any atom is 0.309 e. The van der Waals surface area contributed by atoms with Crippen LogP contribution >= 0.6 is 0 Å².